The number of hydrogen-bond donors (Lipinski definition) is 0. The van der Waals surface area contributed by atoms with Crippen LogP contribution in [-0.4, -0.2) is 14.2 Å². The molecule has 0 unspecified atom stereocenters. The van der Waals surface area contributed by atoms with Crippen molar-refractivity contribution in [2.24, 2.45) is 0 Å². The van der Waals surface area contributed by atoms with Crippen molar-refractivity contribution in [1.29, 1.82) is 0 Å². The van der Waals surface area contributed by atoms with E-state index >= 15 is 0 Å². The Kier molecular flexibility index (Phi) is 5.39. The zero-order chi connectivity index (χ0) is 17.6. The van der Waals surface area contributed by atoms with Crippen LogP contribution in [0.2, 0.25) is 0 Å². The third-order valence-corrected chi connectivity index (χ3v) is 4.45. The molecular formula is C23H24O2. The first-order valence-electron chi connectivity index (χ1n) is 8.67. The van der Waals surface area contributed by atoms with Crippen molar-refractivity contribution < 1.29 is 9.47 Å². The third kappa shape index (κ3) is 3.85. The Hall–Kier alpha value is -2.74. The summed E-state index contributed by atoms with van der Waals surface area (Å²) in [5.74, 6) is 1.80. The molecule has 0 bridgehead atoms. The van der Waals surface area contributed by atoms with Gasteiger partial charge in [0.25, 0.3) is 0 Å². The van der Waals surface area contributed by atoms with E-state index in [4.69, 9.17) is 9.47 Å². The van der Waals surface area contributed by atoms with Crippen molar-refractivity contribution in [3.8, 4) is 33.8 Å². The van der Waals surface area contributed by atoms with E-state index in [-0.39, 0.29) is 0 Å². The average molecular weight is 332 g/mol. The first-order valence-corrected chi connectivity index (χ1v) is 8.67. The van der Waals surface area contributed by atoms with Crippen LogP contribution < -0.4 is 9.47 Å². The molecule has 0 radical (unpaired) electrons. The van der Waals surface area contributed by atoms with Crippen LogP contribution in [0.25, 0.3) is 22.3 Å². The number of hydrogen-bond acceptors (Lipinski definition) is 2. The molecule has 0 atom stereocenters. The molecule has 0 fully saturated rings. The van der Waals surface area contributed by atoms with Gasteiger partial charge in [-0.25, -0.2) is 0 Å². The summed E-state index contributed by atoms with van der Waals surface area (Å²) in [4.78, 5) is 0. The monoisotopic (exact) mass is 332 g/mol. The van der Waals surface area contributed by atoms with Crippen molar-refractivity contribution in [1.82, 2.24) is 0 Å². The fourth-order valence-electron chi connectivity index (χ4n) is 3.08. The van der Waals surface area contributed by atoms with E-state index in [1.165, 1.54) is 27.8 Å². The minimum Gasteiger partial charge on any atom is -0.497 e. The second-order valence-electron chi connectivity index (χ2n) is 6.08. The van der Waals surface area contributed by atoms with E-state index in [1.54, 1.807) is 14.2 Å². The van der Waals surface area contributed by atoms with Crippen LogP contribution in [0.5, 0.6) is 11.5 Å². The molecule has 0 amide bonds. The Balaban J connectivity index is 1.91. The highest BCUT2D eigenvalue weighted by Gasteiger charge is 2.07. The van der Waals surface area contributed by atoms with Gasteiger partial charge in [-0.1, -0.05) is 55.8 Å². The predicted octanol–water partition coefficient (Wildman–Crippen LogP) is 5.99. The lowest BCUT2D eigenvalue weighted by atomic mass is 9.95. The van der Waals surface area contributed by atoms with E-state index in [1.807, 2.05) is 18.2 Å². The van der Waals surface area contributed by atoms with E-state index < -0.39 is 0 Å². The minimum atomic E-state index is 0.878. The smallest absolute Gasteiger partial charge is 0.119 e. The molecule has 3 aromatic carbocycles. The second kappa shape index (κ2) is 7.89. The van der Waals surface area contributed by atoms with Gasteiger partial charge in [0.1, 0.15) is 11.5 Å². The van der Waals surface area contributed by atoms with E-state index in [0.717, 1.165) is 24.3 Å². The fourth-order valence-corrected chi connectivity index (χ4v) is 3.08. The van der Waals surface area contributed by atoms with Crippen molar-refractivity contribution in [2.45, 2.75) is 19.8 Å². The van der Waals surface area contributed by atoms with Gasteiger partial charge in [0.15, 0.2) is 0 Å². The highest BCUT2D eigenvalue weighted by Crippen LogP contribution is 2.30. The highest BCUT2D eigenvalue weighted by atomic mass is 16.5. The largest absolute Gasteiger partial charge is 0.497 e. The normalized spacial score (nSPS) is 10.5. The first-order chi connectivity index (χ1) is 12.2. The molecule has 3 aromatic rings. The summed E-state index contributed by atoms with van der Waals surface area (Å²) in [6.07, 6.45) is 2.16. The number of aryl methyl sites for hydroxylation is 1. The van der Waals surface area contributed by atoms with Gasteiger partial charge >= 0.3 is 0 Å². The molecular weight excluding hydrogens is 308 g/mol. The van der Waals surface area contributed by atoms with Crippen molar-refractivity contribution in [2.75, 3.05) is 14.2 Å². The minimum absolute atomic E-state index is 0.878. The van der Waals surface area contributed by atoms with Crippen LogP contribution in [0, 0.1) is 0 Å². The molecule has 0 aliphatic heterocycles. The summed E-state index contributed by atoms with van der Waals surface area (Å²) in [6, 6.07) is 23.2. The molecule has 128 valence electrons. The zero-order valence-electron chi connectivity index (χ0n) is 15.1. The maximum Gasteiger partial charge on any atom is 0.119 e. The molecule has 0 aromatic heterocycles. The van der Waals surface area contributed by atoms with Crippen LogP contribution in [0.3, 0.4) is 0 Å². The standard InChI is InChI=1S/C23H24O2/c1-4-5-20-16-22(25-3)14-15-23(20)19-8-6-17(7-9-19)18-10-12-21(24-2)13-11-18/h6-16H,4-5H2,1-3H3. The fraction of sp³-hybridized carbons (Fsp3) is 0.217. The number of ether oxygens (including phenoxy) is 2. The Morgan fingerprint density at radius 3 is 1.72 bits per heavy atom. The lowest BCUT2D eigenvalue weighted by Crippen LogP contribution is -1.92. The van der Waals surface area contributed by atoms with Crippen molar-refractivity contribution in [3.63, 3.8) is 0 Å². The summed E-state index contributed by atoms with van der Waals surface area (Å²) in [5.41, 5.74) is 6.25. The molecule has 0 N–H and O–H groups in total. The van der Waals surface area contributed by atoms with Gasteiger partial charge in [-0.15, -0.1) is 0 Å². The average Bonchev–Trinajstić information content (AvgIpc) is 2.68. The van der Waals surface area contributed by atoms with Crippen molar-refractivity contribution in [3.05, 3.63) is 72.3 Å². The quantitative estimate of drug-likeness (QED) is 0.552. The summed E-state index contributed by atoms with van der Waals surface area (Å²) < 4.78 is 10.6. The molecule has 0 heterocycles. The maximum atomic E-state index is 5.38. The van der Waals surface area contributed by atoms with Gasteiger partial charge in [0.05, 0.1) is 14.2 Å². The second-order valence-corrected chi connectivity index (χ2v) is 6.08. The topological polar surface area (TPSA) is 18.5 Å². The van der Waals surface area contributed by atoms with E-state index in [0.29, 0.717) is 0 Å². The molecule has 2 nitrogen and oxygen atoms in total. The molecule has 0 aliphatic rings. The molecule has 0 saturated heterocycles. The Labute approximate surface area is 150 Å². The molecule has 0 spiro atoms. The van der Waals surface area contributed by atoms with Crippen LogP contribution in [-0.2, 0) is 6.42 Å². The van der Waals surface area contributed by atoms with Gasteiger partial charge in [-0.05, 0) is 58.5 Å². The summed E-state index contributed by atoms with van der Waals surface area (Å²) in [7, 11) is 3.40. The summed E-state index contributed by atoms with van der Waals surface area (Å²) in [5, 5.41) is 0. The Morgan fingerprint density at radius 1 is 0.640 bits per heavy atom. The predicted molar refractivity (Wildman–Crippen MR) is 104 cm³/mol. The SMILES string of the molecule is CCCc1cc(OC)ccc1-c1ccc(-c2ccc(OC)cc2)cc1. The Morgan fingerprint density at radius 2 is 1.16 bits per heavy atom. The first kappa shape index (κ1) is 17.1. The van der Waals surface area contributed by atoms with Crippen LogP contribution in [0.1, 0.15) is 18.9 Å². The molecule has 3 rings (SSSR count). The Bertz CT molecular complexity index is 818. The van der Waals surface area contributed by atoms with Crippen LogP contribution >= 0.6 is 0 Å². The van der Waals surface area contributed by atoms with E-state index in [9.17, 15) is 0 Å². The summed E-state index contributed by atoms with van der Waals surface area (Å²) in [6.45, 7) is 2.20. The molecule has 0 saturated carbocycles. The van der Waals surface area contributed by atoms with Gasteiger partial charge in [0, 0.05) is 0 Å². The van der Waals surface area contributed by atoms with Gasteiger partial charge < -0.3 is 9.47 Å². The van der Waals surface area contributed by atoms with E-state index in [2.05, 4.69) is 55.5 Å². The maximum absolute atomic E-state index is 5.38. The van der Waals surface area contributed by atoms with Crippen LogP contribution in [0.4, 0.5) is 0 Å². The van der Waals surface area contributed by atoms with Gasteiger partial charge in [-0.2, -0.15) is 0 Å². The number of rotatable bonds is 6. The third-order valence-electron chi connectivity index (χ3n) is 4.45. The molecule has 25 heavy (non-hydrogen) atoms. The molecule has 2 heteroatoms. The van der Waals surface area contributed by atoms with Crippen LogP contribution in [0.15, 0.2) is 66.7 Å². The van der Waals surface area contributed by atoms with Crippen molar-refractivity contribution >= 4 is 0 Å². The lowest BCUT2D eigenvalue weighted by molar-refractivity contribution is 0.414. The van der Waals surface area contributed by atoms with Gasteiger partial charge in [0.2, 0.25) is 0 Å². The lowest BCUT2D eigenvalue weighted by Gasteiger charge is -2.12. The molecule has 0 aliphatic carbocycles. The number of benzene rings is 3. The summed E-state index contributed by atoms with van der Waals surface area (Å²) >= 11 is 0. The number of methoxy groups -OCH3 is 2. The zero-order valence-corrected chi connectivity index (χ0v) is 15.1. The highest BCUT2D eigenvalue weighted by molar-refractivity contribution is 5.73. The van der Waals surface area contributed by atoms with Gasteiger partial charge in [-0.3, -0.25) is 0 Å².